The first kappa shape index (κ1) is 12.4. The van der Waals surface area contributed by atoms with E-state index in [1.165, 1.54) is 0 Å². The van der Waals surface area contributed by atoms with Gasteiger partial charge in [0.25, 0.3) is 0 Å². The third-order valence-electron chi connectivity index (χ3n) is 2.72. The summed E-state index contributed by atoms with van der Waals surface area (Å²) < 4.78 is 0. The van der Waals surface area contributed by atoms with Crippen LogP contribution in [-0.2, 0) is 6.54 Å². The molecule has 0 aliphatic carbocycles. The summed E-state index contributed by atoms with van der Waals surface area (Å²) in [4.78, 5) is 8.34. The number of hydrogen-bond acceptors (Lipinski definition) is 3. The van der Waals surface area contributed by atoms with Gasteiger partial charge < -0.3 is 5.32 Å². The van der Waals surface area contributed by atoms with Crippen LogP contribution in [0.2, 0.25) is 0 Å². The van der Waals surface area contributed by atoms with E-state index in [0.29, 0.717) is 12.4 Å². The van der Waals surface area contributed by atoms with Gasteiger partial charge in [-0.2, -0.15) is 0 Å². The summed E-state index contributed by atoms with van der Waals surface area (Å²) in [6.45, 7) is 5.03. The zero-order valence-electron chi connectivity index (χ0n) is 9.33. The van der Waals surface area contributed by atoms with Crippen LogP contribution in [0.4, 0.5) is 0 Å². The van der Waals surface area contributed by atoms with E-state index in [1.807, 2.05) is 6.07 Å². The SMILES string of the molecule is CCC(C)(CCCl)NCc1ncccn1. The van der Waals surface area contributed by atoms with E-state index in [0.717, 1.165) is 18.7 Å². The van der Waals surface area contributed by atoms with Gasteiger partial charge in [-0.15, -0.1) is 11.6 Å². The fourth-order valence-corrected chi connectivity index (χ4v) is 1.73. The van der Waals surface area contributed by atoms with Gasteiger partial charge in [0.15, 0.2) is 0 Å². The Hall–Kier alpha value is -0.670. The quantitative estimate of drug-likeness (QED) is 0.759. The number of aromatic nitrogens is 2. The summed E-state index contributed by atoms with van der Waals surface area (Å²) in [7, 11) is 0. The Bertz CT molecular complexity index is 278. The minimum absolute atomic E-state index is 0.0843. The maximum Gasteiger partial charge on any atom is 0.141 e. The third kappa shape index (κ3) is 4.14. The standard InChI is InChI=1S/C11H18ClN3/c1-3-11(2,5-6-12)15-9-10-13-7-4-8-14-10/h4,7-8,15H,3,5-6,9H2,1-2H3. The summed E-state index contributed by atoms with van der Waals surface area (Å²) in [6, 6.07) is 1.82. The molecule has 0 aliphatic heterocycles. The lowest BCUT2D eigenvalue weighted by atomic mass is 9.95. The van der Waals surface area contributed by atoms with Crippen molar-refractivity contribution in [2.75, 3.05) is 5.88 Å². The Morgan fingerprint density at radius 3 is 2.60 bits per heavy atom. The molecule has 1 aromatic heterocycles. The van der Waals surface area contributed by atoms with Crippen molar-refractivity contribution in [2.45, 2.75) is 38.8 Å². The lowest BCUT2D eigenvalue weighted by Gasteiger charge is -2.28. The van der Waals surface area contributed by atoms with E-state index < -0.39 is 0 Å². The van der Waals surface area contributed by atoms with E-state index >= 15 is 0 Å². The van der Waals surface area contributed by atoms with Crippen molar-refractivity contribution < 1.29 is 0 Å². The molecule has 84 valence electrons. The number of nitrogens with one attached hydrogen (secondary N) is 1. The lowest BCUT2D eigenvalue weighted by molar-refractivity contribution is 0.327. The van der Waals surface area contributed by atoms with Crippen LogP contribution in [0.5, 0.6) is 0 Å². The number of hydrogen-bond donors (Lipinski definition) is 1. The van der Waals surface area contributed by atoms with Crippen molar-refractivity contribution in [3.05, 3.63) is 24.3 Å². The van der Waals surface area contributed by atoms with Crippen LogP contribution in [0.25, 0.3) is 0 Å². The van der Waals surface area contributed by atoms with Gasteiger partial charge in [0.05, 0.1) is 6.54 Å². The van der Waals surface area contributed by atoms with Crippen LogP contribution in [0.1, 0.15) is 32.5 Å². The van der Waals surface area contributed by atoms with E-state index in [9.17, 15) is 0 Å². The van der Waals surface area contributed by atoms with Crippen LogP contribution in [0, 0.1) is 0 Å². The van der Waals surface area contributed by atoms with Crippen LogP contribution < -0.4 is 5.32 Å². The maximum atomic E-state index is 5.78. The second-order valence-corrected chi connectivity index (χ2v) is 4.25. The highest BCUT2D eigenvalue weighted by molar-refractivity contribution is 6.17. The Kier molecular flexibility index (Phi) is 4.99. The summed E-state index contributed by atoms with van der Waals surface area (Å²) in [5.41, 5.74) is 0.0843. The van der Waals surface area contributed by atoms with Gasteiger partial charge in [-0.1, -0.05) is 6.92 Å². The van der Waals surface area contributed by atoms with E-state index in [4.69, 9.17) is 11.6 Å². The number of halogens is 1. The first-order chi connectivity index (χ1) is 7.20. The largest absolute Gasteiger partial charge is 0.304 e. The molecule has 0 radical (unpaired) electrons. The highest BCUT2D eigenvalue weighted by atomic mass is 35.5. The Morgan fingerprint density at radius 2 is 2.07 bits per heavy atom. The molecule has 0 aromatic carbocycles. The summed E-state index contributed by atoms with van der Waals surface area (Å²) in [6.07, 6.45) is 5.52. The normalized spacial score (nSPS) is 14.9. The molecule has 3 nitrogen and oxygen atoms in total. The van der Waals surface area contributed by atoms with Crippen LogP contribution in [0.15, 0.2) is 18.5 Å². The molecule has 0 fully saturated rings. The van der Waals surface area contributed by atoms with Crippen LogP contribution in [0.3, 0.4) is 0 Å². The fourth-order valence-electron chi connectivity index (χ4n) is 1.31. The highest BCUT2D eigenvalue weighted by Crippen LogP contribution is 2.15. The molecular weight excluding hydrogens is 210 g/mol. The minimum atomic E-state index is 0.0843. The first-order valence-corrected chi connectivity index (χ1v) is 5.80. The molecule has 1 unspecified atom stereocenters. The van der Waals surface area contributed by atoms with Gasteiger partial charge in [0.2, 0.25) is 0 Å². The minimum Gasteiger partial charge on any atom is -0.304 e. The second kappa shape index (κ2) is 6.03. The smallest absolute Gasteiger partial charge is 0.141 e. The molecule has 4 heteroatoms. The predicted octanol–water partition coefficient (Wildman–Crippen LogP) is 2.36. The number of rotatable bonds is 6. The van der Waals surface area contributed by atoms with E-state index in [-0.39, 0.29) is 5.54 Å². The van der Waals surface area contributed by atoms with Gasteiger partial charge in [-0.25, -0.2) is 9.97 Å². The van der Waals surface area contributed by atoms with Crippen molar-refractivity contribution in [3.8, 4) is 0 Å². The molecule has 1 N–H and O–H groups in total. The average molecular weight is 228 g/mol. The zero-order chi connectivity index (χ0) is 11.1. The Morgan fingerprint density at radius 1 is 1.40 bits per heavy atom. The average Bonchev–Trinajstić information content (AvgIpc) is 2.28. The molecule has 0 saturated heterocycles. The maximum absolute atomic E-state index is 5.78. The van der Waals surface area contributed by atoms with Crippen molar-refractivity contribution in [1.29, 1.82) is 0 Å². The molecule has 0 saturated carbocycles. The molecule has 1 aromatic rings. The molecule has 1 rings (SSSR count). The molecule has 15 heavy (non-hydrogen) atoms. The summed E-state index contributed by atoms with van der Waals surface area (Å²) in [5, 5.41) is 3.45. The highest BCUT2D eigenvalue weighted by Gasteiger charge is 2.20. The molecule has 0 amide bonds. The molecule has 1 heterocycles. The topological polar surface area (TPSA) is 37.8 Å². The van der Waals surface area contributed by atoms with Gasteiger partial charge in [-0.3, -0.25) is 0 Å². The Labute approximate surface area is 96.3 Å². The lowest BCUT2D eigenvalue weighted by Crippen LogP contribution is -2.41. The Balaban J connectivity index is 2.47. The molecular formula is C11H18ClN3. The molecule has 0 bridgehead atoms. The van der Waals surface area contributed by atoms with E-state index in [2.05, 4.69) is 29.1 Å². The van der Waals surface area contributed by atoms with Crippen molar-refractivity contribution in [2.24, 2.45) is 0 Å². The monoisotopic (exact) mass is 227 g/mol. The zero-order valence-corrected chi connectivity index (χ0v) is 10.1. The van der Waals surface area contributed by atoms with Gasteiger partial charge in [0, 0.05) is 23.8 Å². The van der Waals surface area contributed by atoms with Gasteiger partial charge >= 0.3 is 0 Å². The molecule has 0 spiro atoms. The summed E-state index contributed by atoms with van der Waals surface area (Å²) in [5.74, 6) is 1.50. The van der Waals surface area contributed by atoms with Crippen molar-refractivity contribution in [1.82, 2.24) is 15.3 Å². The second-order valence-electron chi connectivity index (χ2n) is 3.87. The van der Waals surface area contributed by atoms with Crippen LogP contribution >= 0.6 is 11.6 Å². The molecule has 0 aliphatic rings. The van der Waals surface area contributed by atoms with Gasteiger partial charge in [0.1, 0.15) is 5.82 Å². The fraction of sp³-hybridized carbons (Fsp3) is 0.636. The first-order valence-electron chi connectivity index (χ1n) is 5.27. The van der Waals surface area contributed by atoms with Crippen molar-refractivity contribution in [3.63, 3.8) is 0 Å². The molecule has 1 atom stereocenters. The number of nitrogens with zero attached hydrogens (tertiary/aromatic N) is 2. The third-order valence-corrected chi connectivity index (χ3v) is 2.91. The summed E-state index contributed by atoms with van der Waals surface area (Å²) >= 11 is 5.78. The van der Waals surface area contributed by atoms with Gasteiger partial charge in [-0.05, 0) is 25.8 Å². The van der Waals surface area contributed by atoms with E-state index in [1.54, 1.807) is 12.4 Å². The van der Waals surface area contributed by atoms with Crippen LogP contribution in [-0.4, -0.2) is 21.4 Å². The number of alkyl halides is 1. The van der Waals surface area contributed by atoms with Crippen molar-refractivity contribution >= 4 is 11.6 Å². The predicted molar refractivity (Wildman–Crippen MR) is 62.9 cm³/mol.